The Morgan fingerprint density at radius 2 is 2.08 bits per heavy atom. The number of urea groups is 1. The molecule has 2 unspecified atom stereocenters. The summed E-state index contributed by atoms with van der Waals surface area (Å²) >= 11 is 0. The number of aliphatic hydroxyl groups is 1. The highest BCUT2D eigenvalue weighted by atomic mass is 16.3. The first kappa shape index (κ1) is 18.2. The van der Waals surface area contributed by atoms with Gasteiger partial charge in [-0.1, -0.05) is 6.42 Å². The third-order valence-electron chi connectivity index (χ3n) is 5.41. The highest BCUT2D eigenvalue weighted by Gasteiger charge is 2.26. The fourth-order valence-electron chi connectivity index (χ4n) is 3.77. The number of aliphatic hydroxyl groups excluding tert-OH is 1. The smallest absolute Gasteiger partial charge is 0.321 e. The van der Waals surface area contributed by atoms with E-state index in [1.54, 1.807) is 18.0 Å². The summed E-state index contributed by atoms with van der Waals surface area (Å²) in [5.74, 6) is 0.173. The molecule has 2 aliphatic rings. The van der Waals surface area contributed by atoms with Crippen LogP contribution in [0.4, 0.5) is 10.5 Å². The van der Waals surface area contributed by atoms with Crippen molar-refractivity contribution in [1.29, 1.82) is 0 Å². The Morgan fingerprint density at radius 1 is 1.28 bits per heavy atom. The van der Waals surface area contributed by atoms with E-state index in [0.717, 1.165) is 38.2 Å². The summed E-state index contributed by atoms with van der Waals surface area (Å²) in [6.45, 7) is 7.40. The maximum Gasteiger partial charge on any atom is 0.321 e. The molecule has 1 aromatic rings. The Bertz CT molecular complexity index is 553. The van der Waals surface area contributed by atoms with E-state index < -0.39 is 0 Å². The predicted octanol–water partition coefficient (Wildman–Crippen LogP) is 1.99. The second kappa shape index (κ2) is 8.67. The summed E-state index contributed by atoms with van der Waals surface area (Å²) in [7, 11) is 0. The van der Waals surface area contributed by atoms with E-state index in [0.29, 0.717) is 6.54 Å². The van der Waals surface area contributed by atoms with Crippen LogP contribution in [-0.4, -0.2) is 69.5 Å². The van der Waals surface area contributed by atoms with E-state index in [2.05, 4.69) is 15.3 Å². The van der Waals surface area contributed by atoms with Gasteiger partial charge >= 0.3 is 6.03 Å². The Kier molecular flexibility index (Phi) is 6.31. The largest absolute Gasteiger partial charge is 0.393 e. The molecule has 0 saturated carbocycles. The van der Waals surface area contributed by atoms with E-state index in [1.165, 1.54) is 32.4 Å². The normalized spacial score (nSPS) is 23.4. The summed E-state index contributed by atoms with van der Waals surface area (Å²) in [6.07, 6.45) is 9.11. The minimum Gasteiger partial charge on any atom is -0.393 e. The molecule has 0 aromatic carbocycles. The maximum atomic E-state index is 12.4. The SMILES string of the molecule is CC(O)C1CCCN(C(=O)Nc2cnn(CCN3CCCCC3)c2)C1. The maximum absolute atomic E-state index is 12.4. The van der Waals surface area contributed by atoms with E-state index >= 15 is 0 Å². The van der Waals surface area contributed by atoms with Gasteiger partial charge in [-0.25, -0.2) is 4.79 Å². The molecule has 2 N–H and O–H groups in total. The van der Waals surface area contributed by atoms with Crippen LogP contribution in [0.15, 0.2) is 12.4 Å². The molecule has 140 valence electrons. The number of amides is 2. The summed E-state index contributed by atoms with van der Waals surface area (Å²) in [4.78, 5) is 16.7. The minimum absolute atomic E-state index is 0.0964. The molecule has 0 spiro atoms. The van der Waals surface area contributed by atoms with Gasteiger partial charge in [0.2, 0.25) is 0 Å². The first-order valence-corrected chi connectivity index (χ1v) is 9.60. The van der Waals surface area contributed by atoms with Crippen LogP contribution in [0.5, 0.6) is 0 Å². The van der Waals surface area contributed by atoms with Gasteiger partial charge in [-0.3, -0.25) is 4.68 Å². The fraction of sp³-hybridized carbons (Fsp3) is 0.778. The molecule has 0 bridgehead atoms. The summed E-state index contributed by atoms with van der Waals surface area (Å²) in [6, 6.07) is -0.0964. The monoisotopic (exact) mass is 349 g/mol. The van der Waals surface area contributed by atoms with Gasteiger partial charge in [0, 0.05) is 31.7 Å². The molecule has 0 radical (unpaired) electrons. The predicted molar refractivity (Wildman–Crippen MR) is 97.5 cm³/mol. The van der Waals surface area contributed by atoms with Crippen molar-refractivity contribution in [2.45, 2.75) is 51.7 Å². The van der Waals surface area contributed by atoms with Crippen molar-refractivity contribution in [2.24, 2.45) is 5.92 Å². The van der Waals surface area contributed by atoms with E-state index in [-0.39, 0.29) is 18.1 Å². The Balaban J connectivity index is 1.46. The van der Waals surface area contributed by atoms with Crippen molar-refractivity contribution < 1.29 is 9.90 Å². The van der Waals surface area contributed by atoms with E-state index in [4.69, 9.17) is 0 Å². The number of likely N-dealkylation sites (tertiary alicyclic amines) is 2. The number of hydrogen-bond acceptors (Lipinski definition) is 4. The number of piperidine rings is 2. The van der Waals surface area contributed by atoms with E-state index in [9.17, 15) is 9.90 Å². The molecule has 3 heterocycles. The number of anilines is 1. The summed E-state index contributed by atoms with van der Waals surface area (Å²) in [5, 5.41) is 17.1. The van der Waals surface area contributed by atoms with Gasteiger partial charge in [-0.15, -0.1) is 0 Å². The van der Waals surface area contributed by atoms with Crippen LogP contribution in [0.25, 0.3) is 0 Å². The molecule has 1 aromatic heterocycles. The zero-order valence-electron chi connectivity index (χ0n) is 15.2. The van der Waals surface area contributed by atoms with Gasteiger partial charge in [-0.05, 0) is 45.7 Å². The van der Waals surface area contributed by atoms with Crippen molar-refractivity contribution in [1.82, 2.24) is 19.6 Å². The number of rotatable bonds is 5. The van der Waals surface area contributed by atoms with Crippen LogP contribution in [0.2, 0.25) is 0 Å². The van der Waals surface area contributed by atoms with Gasteiger partial charge in [0.15, 0.2) is 0 Å². The molecule has 2 saturated heterocycles. The Morgan fingerprint density at radius 3 is 2.84 bits per heavy atom. The third-order valence-corrected chi connectivity index (χ3v) is 5.41. The molecule has 7 nitrogen and oxygen atoms in total. The summed E-state index contributed by atoms with van der Waals surface area (Å²) in [5.41, 5.74) is 0.739. The quantitative estimate of drug-likeness (QED) is 0.853. The fourth-order valence-corrected chi connectivity index (χ4v) is 3.77. The number of hydrogen-bond donors (Lipinski definition) is 2. The lowest BCUT2D eigenvalue weighted by molar-refractivity contribution is 0.0766. The number of aromatic nitrogens is 2. The van der Waals surface area contributed by atoms with Crippen LogP contribution < -0.4 is 5.32 Å². The molecule has 2 fully saturated rings. The molecular weight excluding hydrogens is 318 g/mol. The lowest BCUT2D eigenvalue weighted by atomic mass is 9.94. The Hall–Kier alpha value is -1.60. The van der Waals surface area contributed by atoms with Crippen LogP contribution >= 0.6 is 0 Å². The van der Waals surface area contributed by atoms with Gasteiger partial charge < -0.3 is 20.2 Å². The van der Waals surface area contributed by atoms with Gasteiger partial charge in [0.25, 0.3) is 0 Å². The topological polar surface area (TPSA) is 73.6 Å². The second-order valence-corrected chi connectivity index (χ2v) is 7.41. The lowest BCUT2D eigenvalue weighted by Crippen LogP contribution is -2.44. The van der Waals surface area contributed by atoms with Crippen LogP contribution in [-0.2, 0) is 6.54 Å². The molecule has 0 aliphatic carbocycles. The molecular formula is C18H31N5O2. The minimum atomic E-state index is -0.367. The lowest BCUT2D eigenvalue weighted by Gasteiger charge is -2.33. The third kappa shape index (κ3) is 5.19. The van der Waals surface area contributed by atoms with Crippen LogP contribution in [0.3, 0.4) is 0 Å². The standard InChI is InChI=1S/C18H31N5O2/c1-15(24)16-6-5-9-22(13-16)18(25)20-17-12-19-23(14-17)11-10-21-7-3-2-4-8-21/h12,14-16,24H,2-11,13H2,1H3,(H,20,25). The number of carbonyl (C=O) groups is 1. The molecule has 2 aliphatic heterocycles. The van der Waals surface area contributed by atoms with Crippen molar-refractivity contribution in [3.8, 4) is 0 Å². The number of carbonyl (C=O) groups excluding carboxylic acids is 1. The molecule has 2 amide bonds. The zero-order chi connectivity index (χ0) is 17.6. The van der Waals surface area contributed by atoms with Crippen LogP contribution in [0.1, 0.15) is 39.0 Å². The van der Waals surface area contributed by atoms with Gasteiger partial charge in [0.1, 0.15) is 0 Å². The molecule has 2 atom stereocenters. The first-order chi connectivity index (χ1) is 12.1. The summed E-state index contributed by atoms with van der Waals surface area (Å²) < 4.78 is 1.90. The number of nitrogens with one attached hydrogen (secondary N) is 1. The van der Waals surface area contributed by atoms with Crippen molar-refractivity contribution in [2.75, 3.05) is 38.0 Å². The average Bonchev–Trinajstić information content (AvgIpc) is 3.08. The average molecular weight is 349 g/mol. The Labute approximate surface area is 150 Å². The van der Waals surface area contributed by atoms with Gasteiger partial charge in [-0.2, -0.15) is 5.10 Å². The van der Waals surface area contributed by atoms with Crippen LogP contribution in [0, 0.1) is 5.92 Å². The zero-order valence-corrected chi connectivity index (χ0v) is 15.2. The van der Waals surface area contributed by atoms with Crippen molar-refractivity contribution >= 4 is 11.7 Å². The molecule has 25 heavy (non-hydrogen) atoms. The second-order valence-electron chi connectivity index (χ2n) is 7.41. The number of nitrogens with zero attached hydrogens (tertiary/aromatic N) is 4. The van der Waals surface area contributed by atoms with Gasteiger partial charge in [0.05, 0.1) is 24.5 Å². The molecule has 3 rings (SSSR count). The van der Waals surface area contributed by atoms with Crippen molar-refractivity contribution in [3.63, 3.8) is 0 Å². The first-order valence-electron chi connectivity index (χ1n) is 9.60. The molecule has 7 heteroatoms. The van der Waals surface area contributed by atoms with Crippen molar-refractivity contribution in [3.05, 3.63) is 12.4 Å². The highest BCUT2D eigenvalue weighted by Crippen LogP contribution is 2.20. The van der Waals surface area contributed by atoms with E-state index in [1.807, 2.05) is 10.9 Å². The highest BCUT2D eigenvalue weighted by molar-refractivity contribution is 5.89.